The summed E-state index contributed by atoms with van der Waals surface area (Å²) in [4.78, 5) is 33.0. The molecule has 0 aliphatic rings. The maximum Gasteiger partial charge on any atom is 0.325 e. The molecule has 0 aliphatic carbocycles. The SMILES string of the molecule is CC(NC(=O)C(Cc1ccccc1)NC=O)C(=O)O.Cc1cccc(Oc2ccccc2)c1. The first kappa shape index (κ1) is 25.1. The molecule has 7 heteroatoms. The van der Waals surface area contributed by atoms with Gasteiger partial charge in [0.2, 0.25) is 12.3 Å². The number of hydrogen-bond acceptors (Lipinski definition) is 4. The Kier molecular flexibility index (Phi) is 10.1. The van der Waals surface area contributed by atoms with Crippen molar-refractivity contribution < 1.29 is 24.2 Å². The number of hydrogen-bond donors (Lipinski definition) is 3. The second kappa shape index (κ2) is 13.3. The first-order valence-corrected chi connectivity index (χ1v) is 10.5. The Hall–Kier alpha value is -4.13. The number of carbonyl (C=O) groups excluding carboxylic acids is 2. The summed E-state index contributed by atoms with van der Waals surface area (Å²) in [6.07, 6.45) is 0.733. The summed E-state index contributed by atoms with van der Waals surface area (Å²) >= 11 is 0. The van der Waals surface area contributed by atoms with Crippen LogP contribution in [-0.4, -0.2) is 35.5 Å². The number of aliphatic carboxylic acids is 1. The molecule has 3 rings (SSSR count). The zero-order chi connectivity index (χ0) is 24.1. The highest BCUT2D eigenvalue weighted by molar-refractivity contribution is 5.88. The van der Waals surface area contributed by atoms with Crippen molar-refractivity contribution >= 4 is 18.3 Å². The van der Waals surface area contributed by atoms with Crippen LogP contribution in [0.4, 0.5) is 0 Å². The van der Waals surface area contributed by atoms with Gasteiger partial charge in [-0.15, -0.1) is 0 Å². The van der Waals surface area contributed by atoms with Gasteiger partial charge in [-0.05, 0) is 49.2 Å². The van der Waals surface area contributed by atoms with E-state index in [4.69, 9.17) is 9.84 Å². The van der Waals surface area contributed by atoms with Crippen LogP contribution in [0.25, 0.3) is 0 Å². The molecular formula is C26H28N2O5. The molecule has 33 heavy (non-hydrogen) atoms. The summed E-state index contributed by atoms with van der Waals surface area (Å²) in [6, 6.07) is 25.2. The molecule has 0 spiro atoms. The Balaban J connectivity index is 0.000000243. The Morgan fingerprint density at radius 1 is 0.939 bits per heavy atom. The molecule has 7 nitrogen and oxygen atoms in total. The van der Waals surface area contributed by atoms with Gasteiger partial charge in [0.05, 0.1) is 0 Å². The zero-order valence-corrected chi connectivity index (χ0v) is 18.6. The predicted molar refractivity (Wildman–Crippen MR) is 126 cm³/mol. The van der Waals surface area contributed by atoms with E-state index in [-0.39, 0.29) is 0 Å². The van der Waals surface area contributed by atoms with Gasteiger partial charge >= 0.3 is 5.97 Å². The van der Waals surface area contributed by atoms with Gasteiger partial charge in [-0.3, -0.25) is 14.4 Å². The van der Waals surface area contributed by atoms with E-state index in [0.717, 1.165) is 17.1 Å². The lowest BCUT2D eigenvalue weighted by Gasteiger charge is -2.17. The summed E-state index contributed by atoms with van der Waals surface area (Å²) in [5.74, 6) is 0.109. The Labute approximate surface area is 193 Å². The van der Waals surface area contributed by atoms with E-state index >= 15 is 0 Å². The summed E-state index contributed by atoms with van der Waals surface area (Å²) in [7, 11) is 0. The third-order valence-electron chi connectivity index (χ3n) is 4.57. The molecule has 0 saturated heterocycles. The van der Waals surface area contributed by atoms with Crippen LogP contribution >= 0.6 is 0 Å². The van der Waals surface area contributed by atoms with Gasteiger partial charge < -0.3 is 20.5 Å². The van der Waals surface area contributed by atoms with Crippen LogP contribution in [0.3, 0.4) is 0 Å². The molecule has 3 N–H and O–H groups in total. The monoisotopic (exact) mass is 448 g/mol. The largest absolute Gasteiger partial charge is 0.480 e. The molecular weight excluding hydrogens is 420 g/mol. The number of carboxylic acid groups (broad SMARTS) is 1. The van der Waals surface area contributed by atoms with Crippen molar-refractivity contribution in [2.24, 2.45) is 0 Å². The van der Waals surface area contributed by atoms with Crippen LogP contribution in [0.5, 0.6) is 11.5 Å². The van der Waals surface area contributed by atoms with Gasteiger partial charge in [0.1, 0.15) is 23.6 Å². The number of benzene rings is 3. The standard InChI is InChI=1S/C13H16N2O4.C13H12O/c1-9(13(18)19)15-12(17)11(14-8-16)7-10-5-3-2-4-6-10;1-11-6-5-9-13(10-11)14-12-7-3-2-4-8-12/h2-6,8-9,11H,7H2,1H3,(H,14,16)(H,15,17)(H,18,19);2-10H,1H3. The number of para-hydroxylation sites is 1. The molecule has 0 heterocycles. The second-order valence-electron chi connectivity index (χ2n) is 7.33. The van der Waals surface area contributed by atoms with Crippen LogP contribution in [0.2, 0.25) is 0 Å². The fraction of sp³-hybridized carbons (Fsp3) is 0.192. The van der Waals surface area contributed by atoms with Crippen molar-refractivity contribution in [2.45, 2.75) is 32.4 Å². The predicted octanol–water partition coefficient (Wildman–Crippen LogP) is 3.72. The van der Waals surface area contributed by atoms with E-state index in [1.807, 2.05) is 78.9 Å². The van der Waals surface area contributed by atoms with Gasteiger partial charge in [0.15, 0.2) is 0 Å². The van der Waals surface area contributed by atoms with E-state index in [1.54, 1.807) is 0 Å². The van der Waals surface area contributed by atoms with Crippen molar-refractivity contribution in [3.8, 4) is 11.5 Å². The first-order valence-electron chi connectivity index (χ1n) is 10.5. The Morgan fingerprint density at radius 2 is 1.55 bits per heavy atom. The van der Waals surface area contributed by atoms with Crippen molar-refractivity contribution in [1.82, 2.24) is 10.6 Å². The van der Waals surface area contributed by atoms with E-state index in [0.29, 0.717) is 12.8 Å². The van der Waals surface area contributed by atoms with Crippen LogP contribution in [-0.2, 0) is 20.8 Å². The van der Waals surface area contributed by atoms with Gasteiger partial charge in [-0.25, -0.2) is 0 Å². The van der Waals surface area contributed by atoms with Crippen LogP contribution in [0, 0.1) is 6.92 Å². The molecule has 0 aromatic heterocycles. The molecule has 0 saturated carbocycles. The Morgan fingerprint density at radius 3 is 2.12 bits per heavy atom. The summed E-state index contributed by atoms with van der Waals surface area (Å²) in [6.45, 7) is 3.42. The van der Waals surface area contributed by atoms with Crippen molar-refractivity contribution in [1.29, 1.82) is 0 Å². The van der Waals surface area contributed by atoms with Crippen molar-refractivity contribution in [3.63, 3.8) is 0 Å². The molecule has 0 radical (unpaired) electrons. The highest BCUT2D eigenvalue weighted by atomic mass is 16.5. The summed E-state index contributed by atoms with van der Waals surface area (Å²) in [5.41, 5.74) is 2.08. The van der Waals surface area contributed by atoms with Gasteiger partial charge in [0, 0.05) is 6.42 Å². The number of ether oxygens (including phenoxy) is 1. The van der Waals surface area contributed by atoms with Crippen LogP contribution in [0.1, 0.15) is 18.1 Å². The minimum atomic E-state index is -1.13. The maximum atomic E-state index is 11.9. The smallest absolute Gasteiger partial charge is 0.325 e. The van der Waals surface area contributed by atoms with E-state index in [9.17, 15) is 14.4 Å². The summed E-state index contributed by atoms with van der Waals surface area (Å²) in [5, 5.41) is 13.4. The fourth-order valence-electron chi connectivity index (χ4n) is 2.84. The van der Waals surface area contributed by atoms with E-state index in [2.05, 4.69) is 23.6 Å². The zero-order valence-electron chi connectivity index (χ0n) is 18.6. The van der Waals surface area contributed by atoms with E-state index < -0.39 is 24.0 Å². The molecule has 2 atom stereocenters. The minimum Gasteiger partial charge on any atom is -0.480 e. The number of carbonyl (C=O) groups is 3. The topological polar surface area (TPSA) is 105 Å². The molecule has 3 aromatic carbocycles. The molecule has 0 bridgehead atoms. The van der Waals surface area contributed by atoms with Crippen LogP contribution in [0.15, 0.2) is 84.9 Å². The third-order valence-corrected chi connectivity index (χ3v) is 4.57. The second-order valence-corrected chi connectivity index (χ2v) is 7.33. The quantitative estimate of drug-likeness (QED) is 0.433. The van der Waals surface area contributed by atoms with Crippen molar-refractivity contribution in [3.05, 3.63) is 96.1 Å². The normalized spacial score (nSPS) is 11.7. The lowest BCUT2D eigenvalue weighted by atomic mass is 10.1. The highest BCUT2D eigenvalue weighted by Gasteiger charge is 2.22. The van der Waals surface area contributed by atoms with Gasteiger partial charge in [-0.1, -0.05) is 60.7 Å². The average molecular weight is 449 g/mol. The first-order chi connectivity index (χ1) is 15.9. The number of nitrogens with one attached hydrogen (secondary N) is 2. The van der Waals surface area contributed by atoms with Crippen molar-refractivity contribution in [2.75, 3.05) is 0 Å². The fourth-order valence-corrected chi connectivity index (χ4v) is 2.84. The van der Waals surface area contributed by atoms with Gasteiger partial charge in [0.25, 0.3) is 0 Å². The molecule has 0 aliphatic heterocycles. The lowest BCUT2D eigenvalue weighted by Crippen LogP contribution is -2.49. The molecule has 172 valence electrons. The Bertz CT molecular complexity index is 1030. The average Bonchev–Trinajstić information content (AvgIpc) is 2.80. The van der Waals surface area contributed by atoms with E-state index in [1.165, 1.54) is 12.5 Å². The molecule has 3 aromatic rings. The summed E-state index contributed by atoms with van der Waals surface area (Å²) < 4.78 is 5.66. The number of carboxylic acids is 1. The maximum absolute atomic E-state index is 11.9. The number of amides is 2. The third kappa shape index (κ3) is 9.26. The lowest BCUT2D eigenvalue weighted by molar-refractivity contribution is -0.141. The molecule has 2 unspecified atom stereocenters. The minimum absolute atomic E-state index is 0.303. The van der Waals surface area contributed by atoms with Gasteiger partial charge in [-0.2, -0.15) is 0 Å². The van der Waals surface area contributed by atoms with Crippen LogP contribution < -0.4 is 15.4 Å². The highest BCUT2D eigenvalue weighted by Crippen LogP contribution is 2.21. The number of aryl methyl sites for hydroxylation is 1. The number of rotatable bonds is 9. The molecule has 2 amide bonds. The molecule has 0 fully saturated rings.